The van der Waals surface area contributed by atoms with E-state index in [2.05, 4.69) is 10.6 Å². The monoisotopic (exact) mass is 257 g/mol. The second-order valence-electron chi connectivity index (χ2n) is 5.15. The zero-order chi connectivity index (χ0) is 13.2. The van der Waals surface area contributed by atoms with E-state index in [1.807, 2.05) is 24.4 Å². The zero-order valence-electron chi connectivity index (χ0n) is 10.8. The minimum Gasteiger partial charge on any atom is -0.508 e. The molecule has 19 heavy (non-hydrogen) atoms. The average molecular weight is 257 g/mol. The molecule has 2 unspecified atom stereocenters. The SMILES string of the molecule is NC1CCNC(C2=c3ccc(O)cc3=CC=CN2)C1. The van der Waals surface area contributed by atoms with Gasteiger partial charge in [0.2, 0.25) is 0 Å². The van der Waals surface area contributed by atoms with Gasteiger partial charge in [-0.2, -0.15) is 0 Å². The number of phenolic OH excluding ortho intramolecular Hbond substituents is 1. The van der Waals surface area contributed by atoms with Gasteiger partial charge >= 0.3 is 0 Å². The summed E-state index contributed by atoms with van der Waals surface area (Å²) in [5.41, 5.74) is 7.20. The molecule has 1 fully saturated rings. The number of hydrogen-bond donors (Lipinski definition) is 4. The Morgan fingerprint density at radius 1 is 1.32 bits per heavy atom. The number of nitrogens with one attached hydrogen (secondary N) is 2. The smallest absolute Gasteiger partial charge is 0.116 e. The number of benzene rings is 1. The molecule has 4 nitrogen and oxygen atoms in total. The first-order valence-electron chi connectivity index (χ1n) is 6.69. The van der Waals surface area contributed by atoms with Gasteiger partial charge in [0.15, 0.2) is 0 Å². The van der Waals surface area contributed by atoms with Crippen LogP contribution in [0.4, 0.5) is 0 Å². The molecule has 2 heterocycles. The standard InChI is InChI=1S/C15H19N3O/c16-11-5-7-17-14(9-11)15-13-4-3-12(19)8-10(13)2-1-6-18-15/h1-4,6,8,11,14,17-19H,5,7,9,16H2. The predicted octanol–water partition coefficient (Wildman–Crippen LogP) is -0.523. The van der Waals surface area contributed by atoms with Gasteiger partial charge in [-0.05, 0) is 48.9 Å². The summed E-state index contributed by atoms with van der Waals surface area (Å²) in [7, 11) is 0. The molecule has 4 heteroatoms. The summed E-state index contributed by atoms with van der Waals surface area (Å²) in [4.78, 5) is 0. The number of rotatable bonds is 1. The largest absolute Gasteiger partial charge is 0.508 e. The summed E-state index contributed by atoms with van der Waals surface area (Å²) in [5.74, 6) is 0.290. The van der Waals surface area contributed by atoms with E-state index < -0.39 is 0 Å². The molecule has 2 aliphatic rings. The summed E-state index contributed by atoms with van der Waals surface area (Å²) < 4.78 is 0. The molecule has 0 aromatic heterocycles. The van der Waals surface area contributed by atoms with E-state index in [1.54, 1.807) is 12.1 Å². The number of piperidine rings is 1. The molecule has 1 aromatic rings. The molecule has 0 radical (unpaired) electrons. The van der Waals surface area contributed by atoms with Crippen molar-refractivity contribution in [3.05, 3.63) is 40.9 Å². The van der Waals surface area contributed by atoms with Crippen molar-refractivity contribution in [2.24, 2.45) is 5.73 Å². The average Bonchev–Trinajstić information content (AvgIpc) is 2.60. The quantitative estimate of drug-likeness (QED) is 0.546. The Hall–Kier alpha value is -1.78. The Morgan fingerprint density at radius 3 is 3.05 bits per heavy atom. The van der Waals surface area contributed by atoms with Crippen LogP contribution in [-0.4, -0.2) is 23.7 Å². The molecule has 100 valence electrons. The molecule has 0 spiro atoms. The number of fused-ring (bicyclic) bond motifs is 1. The van der Waals surface area contributed by atoms with Crippen molar-refractivity contribution in [2.45, 2.75) is 24.9 Å². The fourth-order valence-electron chi connectivity index (χ4n) is 2.76. The summed E-state index contributed by atoms with van der Waals surface area (Å²) in [6.07, 6.45) is 7.82. The van der Waals surface area contributed by atoms with Crippen molar-refractivity contribution < 1.29 is 5.11 Å². The first-order chi connectivity index (χ1) is 9.24. The van der Waals surface area contributed by atoms with Crippen LogP contribution in [-0.2, 0) is 0 Å². The molecule has 3 rings (SSSR count). The minimum atomic E-state index is 0.239. The van der Waals surface area contributed by atoms with Gasteiger partial charge < -0.3 is 21.5 Å². The third kappa shape index (κ3) is 2.50. The van der Waals surface area contributed by atoms with Crippen LogP contribution in [0.1, 0.15) is 12.8 Å². The third-order valence-corrected chi connectivity index (χ3v) is 3.73. The third-order valence-electron chi connectivity index (χ3n) is 3.73. The zero-order valence-corrected chi connectivity index (χ0v) is 10.8. The summed E-state index contributed by atoms with van der Waals surface area (Å²) in [6.45, 7) is 0.942. The van der Waals surface area contributed by atoms with Crippen molar-refractivity contribution in [2.75, 3.05) is 6.54 Å². The van der Waals surface area contributed by atoms with E-state index in [1.165, 1.54) is 0 Å². The molecule has 0 bridgehead atoms. The molecule has 0 amide bonds. The van der Waals surface area contributed by atoms with Gasteiger partial charge in [0.25, 0.3) is 0 Å². The molecule has 2 atom stereocenters. The number of aromatic hydroxyl groups is 1. The second kappa shape index (κ2) is 5.07. The van der Waals surface area contributed by atoms with Gasteiger partial charge in [-0.25, -0.2) is 0 Å². The first-order valence-corrected chi connectivity index (χ1v) is 6.69. The Balaban J connectivity index is 2.11. The highest BCUT2D eigenvalue weighted by molar-refractivity contribution is 5.56. The number of phenols is 1. The van der Waals surface area contributed by atoms with E-state index in [-0.39, 0.29) is 17.8 Å². The van der Waals surface area contributed by atoms with Gasteiger partial charge in [-0.15, -0.1) is 0 Å². The van der Waals surface area contributed by atoms with E-state index in [9.17, 15) is 5.11 Å². The lowest BCUT2D eigenvalue weighted by Crippen LogP contribution is -2.49. The lowest BCUT2D eigenvalue weighted by Gasteiger charge is -2.30. The maximum absolute atomic E-state index is 9.61. The lowest BCUT2D eigenvalue weighted by atomic mass is 9.96. The molecule has 1 saturated heterocycles. The molecular weight excluding hydrogens is 238 g/mol. The van der Waals surface area contributed by atoms with E-state index >= 15 is 0 Å². The van der Waals surface area contributed by atoms with Gasteiger partial charge in [0.1, 0.15) is 5.75 Å². The van der Waals surface area contributed by atoms with E-state index in [0.717, 1.165) is 35.5 Å². The number of nitrogens with two attached hydrogens (primary N) is 1. The van der Waals surface area contributed by atoms with Crippen LogP contribution in [0, 0.1) is 0 Å². The first kappa shape index (κ1) is 12.3. The Labute approximate surface area is 112 Å². The Kier molecular flexibility index (Phi) is 3.27. The van der Waals surface area contributed by atoms with Crippen LogP contribution < -0.4 is 26.8 Å². The van der Waals surface area contributed by atoms with E-state index in [4.69, 9.17) is 5.73 Å². The molecule has 0 saturated carbocycles. The summed E-state index contributed by atoms with van der Waals surface area (Å²) >= 11 is 0. The molecule has 0 aliphatic carbocycles. The van der Waals surface area contributed by atoms with Crippen molar-refractivity contribution in [3.8, 4) is 5.75 Å². The minimum absolute atomic E-state index is 0.239. The number of allylic oxidation sites excluding steroid dienone is 1. The van der Waals surface area contributed by atoms with Crippen LogP contribution in [0.2, 0.25) is 0 Å². The highest BCUT2D eigenvalue weighted by atomic mass is 16.3. The topological polar surface area (TPSA) is 70.3 Å². The fraction of sp³-hybridized carbons (Fsp3) is 0.333. The van der Waals surface area contributed by atoms with Crippen molar-refractivity contribution >= 4 is 11.8 Å². The van der Waals surface area contributed by atoms with Crippen molar-refractivity contribution in [1.29, 1.82) is 0 Å². The van der Waals surface area contributed by atoms with Gasteiger partial charge in [0, 0.05) is 29.2 Å². The molecular formula is C15H19N3O. The lowest BCUT2D eigenvalue weighted by molar-refractivity contribution is 0.405. The maximum Gasteiger partial charge on any atom is 0.116 e. The second-order valence-corrected chi connectivity index (χ2v) is 5.15. The number of hydrogen-bond acceptors (Lipinski definition) is 4. The highest BCUT2D eigenvalue weighted by Crippen LogP contribution is 2.13. The van der Waals surface area contributed by atoms with Crippen molar-refractivity contribution in [3.63, 3.8) is 0 Å². The molecule has 1 aromatic carbocycles. The van der Waals surface area contributed by atoms with Gasteiger partial charge in [-0.3, -0.25) is 0 Å². The fourth-order valence-corrected chi connectivity index (χ4v) is 2.76. The van der Waals surface area contributed by atoms with Crippen LogP contribution in [0.25, 0.3) is 11.8 Å². The Morgan fingerprint density at radius 2 is 2.21 bits per heavy atom. The maximum atomic E-state index is 9.61. The highest BCUT2D eigenvalue weighted by Gasteiger charge is 2.22. The molecule has 5 N–H and O–H groups in total. The van der Waals surface area contributed by atoms with Gasteiger partial charge in [0.05, 0.1) is 0 Å². The molecule has 2 aliphatic heterocycles. The van der Waals surface area contributed by atoms with Crippen LogP contribution >= 0.6 is 0 Å². The summed E-state index contributed by atoms with van der Waals surface area (Å²) in [6, 6.07) is 5.96. The van der Waals surface area contributed by atoms with Crippen molar-refractivity contribution in [1.82, 2.24) is 10.6 Å². The van der Waals surface area contributed by atoms with Crippen LogP contribution in [0.15, 0.2) is 30.5 Å². The van der Waals surface area contributed by atoms with Crippen LogP contribution in [0.5, 0.6) is 5.75 Å². The van der Waals surface area contributed by atoms with Gasteiger partial charge in [-0.1, -0.05) is 6.08 Å². The van der Waals surface area contributed by atoms with Crippen LogP contribution in [0.3, 0.4) is 0 Å². The normalized spacial score (nSPS) is 26.1. The summed E-state index contributed by atoms with van der Waals surface area (Å²) in [5, 5.41) is 18.6. The van der Waals surface area contributed by atoms with E-state index in [0.29, 0.717) is 0 Å². The predicted molar refractivity (Wildman–Crippen MR) is 76.5 cm³/mol. The Bertz CT molecular complexity index is 621.